The van der Waals surface area contributed by atoms with Gasteiger partial charge in [-0.05, 0) is 31.2 Å². The van der Waals surface area contributed by atoms with Gasteiger partial charge in [0.2, 0.25) is 5.91 Å². The summed E-state index contributed by atoms with van der Waals surface area (Å²) in [6.07, 6.45) is 3.15. The van der Waals surface area contributed by atoms with Crippen molar-refractivity contribution in [2.45, 2.75) is 44.9 Å². The highest BCUT2D eigenvalue weighted by atomic mass is 16.4. The van der Waals surface area contributed by atoms with E-state index < -0.39 is 11.9 Å². The second kappa shape index (κ2) is 6.95. The normalized spacial score (nSPS) is 21.0. The van der Waals surface area contributed by atoms with Crippen molar-refractivity contribution < 1.29 is 14.7 Å². The molecule has 1 saturated carbocycles. The number of carboxylic acid groups (broad SMARTS) is 1. The van der Waals surface area contributed by atoms with Crippen LogP contribution in [0.15, 0.2) is 30.3 Å². The number of hydrogen-bond donors (Lipinski definition) is 2. The van der Waals surface area contributed by atoms with E-state index in [1.54, 1.807) is 0 Å². The van der Waals surface area contributed by atoms with Gasteiger partial charge in [-0.15, -0.1) is 0 Å². The number of hydrogen-bond acceptors (Lipinski definition) is 2. The fraction of sp³-hybridized carbons (Fsp3) is 0.556. The lowest BCUT2D eigenvalue weighted by Gasteiger charge is -2.36. The molecule has 2 unspecified atom stereocenters. The van der Waals surface area contributed by atoms with Crippen molar-refractivity contribution in [3.05, 3.63) is 35.9 Å². The summed E-state index contributed by atoms with van der Waals surface area (Å²) in [5.74, 6) is -1.83. The van der Waals surface area contributed by atoms with Gasteiger partial charge in [-0.3, -0.25) is 9.59 Å². The Labute approximate surface area is 131 Å². The van der Waals surface area contributed by atoms with Crippen molar-refractivity contribution in [1.29, 1.82) is 0 Å². The van der Waals surface area contributed by atoms with Crippen molar-refractivity contribution in [3.63, 3.8) is 0 Å². The molecule has 1 aromatic carbocycles. The van der Waals surface area contributed by atoms with Crippen molar-refractivity contribution in [2.75, 3.05) is 6.54 Å². The maximum atomic E-state index is 12.3. The monoisotopic (exact) mass is 303 g/mol. The van der Waals surface area contributed by atoms with E-state index in [9.17, 15) is 9.59 Å². The summed E-state index contributed by atoms with van der Waals surface area (Å²) in [6.45, 7) is 4.82. The maximum absolute atomic E-state index is 12.3. The second-order valence-corrected chi connectivity index (χ2v) is 6.20. The Morgan fingerprint density at radius 3 is 2.18 bits per heavy atom. The highest BCUT2D eigenvalue weighted by Crippen LogP contribution is 2.35. The zero-order valence-corrected chi connectivity index (χ0v) is 13.3. The van der Waals surface area contributed by atoms with E-state index in [0.29, 0.717) is 19.4 Å². The van der Waals surface area contributed by atoms with Gasteiger partial charge in [-0.1, -0.05) is 44.2 Å². The fourth-order valence-corrected chi connectivity index (χ4v) is 3.30. The van der Waals surface area contributed by atoms with Gasteiger partial charge in [-0.2, -0.15) is 0 Å². The molecule has 0 saturated heterocycles. The highest BCUT2D eigenvalue weighted by molar-refractivity contribution is 5.86. The zero-order chi connectivity index (χ0) is 16.2. The van der Waals surface area contributed by atoms with Crippen molar-refractivity contribution >= 4 is 11.9 Å². The molecular formula is C18H25NO3. The predicted octanol–water partition coefficient (Wildman–Crippen LogP) is 2.97. The molecule has 1 aliphatic rings. The number of amides is 1. The molecular weight excluding hydrogens is 278 g/mol. The molecule has 1 amide bonds. The van der Waals surface area contributed by atoms with E-state index in [1.165, 1.54) is 5.56 Å². The minimum Gasteiger partial charge on any atom is -0.481 e. The molecule has 0 bridgehead atoms. The minimum atomic E-state index is -0.855. The summed E-state index contributed by atoms with van der Waals surface area (Å²) in [6, 6.07) is 10.2. The molecule has 2 N–H and O–H groups in total. The molecule has 1 aliphatic carbocycles. The molecule has 2 atom stereocenters. The van der Waals surface area contributed by atoms with Crippen LogP contribution in [-0.2, 0) is 15.0 Å². The smallest absolute Gasteiger partial charge is 0.307 e. The van der Waals surface area contributed by atoms with Crippen molar-refractivity contribution in [3.8, 4) is 0 Å². The van der Waals surface area contributed by atoms with Crippen LogP contribution in [0.3, 0.4) is 0 Å². The van der Waals surface area contributed by atoms with Crippen LogP contribution >= 0.6 is 0 Å². The number of nitrogens with one attached hydrogen (secondary N) is 1. The van der Waals surface area contributed by atoms with Crippen molar-refractivity contribution in [1.82, 2.24) is 5.32 Å². The Morgan fingerprint density at radius 2 is 1.73 bits per heavy atom. The highest BCUT2D eigenvalue weighted by Gasteiger charge is 2.42. The maximum Gasteiger partial charge on any atom is 0.307 e. The summed E-state index contributed by atoms with van der Waals surface area (Å²) >= 11 is 0. The van der Waals surface area contributed by atoms with E-state index in [1.807, 2.05) is 18.2 Å². The molecule has 4 nitrogen and oxygen atoms in total. The Kier molecular flexibility index (Phi) is 5.22. The van der Waals surface area contributed by atoms with Crippen LogP contribution in [0.4, 0.5) is 0 Å². The first kappa shape index (κ1) is 16.5. The number of carboxylic acids is 1. The number of aliphatic carboxylic acids is 1. The second-order valence-electron chi connectivity index (χ2n) is 6.20. The standard InChI is InChI=1S/C18H25NO3/c1-3-18(4-2,13-8-6-5-7-9-13)12-19-16(20)14-10-11-15(14)17(21)22/h5-9,14-15H,3-4,10-12H2,1-2H3,(H,19,20)(H,21,22). The Morgan fingerprint density at radius 1 is 1.14 bits per heavy atom. The molecule has 1 aromatic rings. The molecule has 0 radical (unpaired) electrons. The number of carbonyl (C=O) groups is 2. The molecule has 22 heavy (non-hydrogen) atoms. The number of carbonyl (C=O) groups excluding carboxylic acids is 1. The first-order valence-electron chi connectivity index (χ1n) is 8.10. The van der Waals surface area contributed by atoms with Crippen LogP contribution in [-0.4, -0.2) is 23.5 Å². The van der Waals surface area contributed by atoms with E-state index in [4.69, 9.17) is 5.11 Å². The van der Waals surface area contributed by atoms with Crippen LogP contribution in [0.2, 0.25) is 0 Å². The van der Waals surface area contributed by atoms with Gasteiger partial charge in [0.15, 0.2) is 0 Å². The molecule has 120 valence electrons. The van der Waals surface area contributed by atoms with Crippen LogP contribution in [0.25, 0.3) is 0 Å². The lowest BCUT2D eigenvalue weighted by Crippen LogP contribution is -2.48. The van der Waals surface area contributed by atoms with E-state index in [-0.39, 0.29) is 17.2 Å². The summed E-state index contributed by atoms with van der Waals surface area (Å²) in [5, 5.41) is 12.1. The van der Waals surface area contributed by atoms with Crippen LogP contribution < -0.4 is 5.32 Å². The van der Waals surface area contributed by atoms with E-state index in [0.717, 1.165) is 12.8 Å². The van der Waals surface area contributed by atoms with Gasteiger partial charge in [0.05, 0.1) is 11.8 Å². The number of rotatable bonds is 7. The van der Waals surface area contributed by atoms with Crippen LogP contribution in [0.5, 0.6) is 0 Å². The third-order valence-electron chi connectivity index (χ3n) is 5.27. The zero-order valence-electron chi connectivity index (χ0n) is 13.3. The third-order valence-corrected chi connectivity index (χ3v) is 5.27. The first-order valence-corrected chi connectivity index (χ1v) is 8.10. The quantitative estimate of drug-likeness (QED) is 0.814. The predicted molar refractivity (Wildman–Crippen MR) is 85.6 cm³/mol. The molecule has 0 spiro atoms. The summed E-state index contributed by atoms with van der Waals surface area (Å²) < 4.78 is 0. The SMILES string of the molecule is CCC(CC)(CNC(=O)C1CCC1C(=O)O)c1ccccc1. The summed E-state index contributed by atoms with van der Waals surface area (Å²) in [7, 11) is 0. The lowest BCUT2D eigenvalue weighted by atomic mass is 9.72. The van der Waals surface area contributed by atoms with Gasteiger partial charge in [0, 0.05) is 12.0 Å². The average Bonchev–Trinajstić information content (AvgIpc) is 2.48. The Hall–Kier alpha value is -1.84. The third kappa shape index (κ3) is 3.16. The molecule has 0 heterocycles. The molecule has 0 aromatic heterocycles. The van der Waals surface area contributed by atoms with E-state index >= 15 is 0 Å². The fourth-order valence-electron chi connectivity index (χ4n) is 3.30. The largest absolute Gasteiger partial charge is 0.481 e. The first-order chi connectivity index (χ1) is 10.5. The van der Waals surface area contributed by atoms with Crippen LogP contribution in [0, 0.1) is 11.8 Å². The van der Waals surface area contributed by atoms with Gasteiger partial charge in [-0.25, -0.2) is 0 Å². The van der Waals surface area contributed by atoms with Gasteiger partial charge in [0.25, 0.3) is 0 Å². The Bertz CT molecular complexity index is 522. The van der Waals surface area contributed by atoms with Crippen LogP contribution in [0.1, 0.15) is 45.1 Å². The lowest BCUT2D eigenvalue weighted by molar-refractivity contribution is -0.152. The minimum absolute atomic E-state index is 0.0839. The molecule has 2 rings (SSSR count). The molecule has 1 fully saturated rings. The van der Waals surface area contributed by atoms with Crippen molar-refractivity contribution in [2.24, 2.45) is 11.8 Å². The number of benzene rings is 1. The topological polar surface area (TPSA) is 66.4 Å². The molecule has 0 aliphatic heterocycles. The van der Waals surface area contributed by atoms with Gasteiger partial charge >= 0.3 is 5.97 Å². The van der Waals surface area contributed by atoms with Gasteiger partial charge in [0.1, 0.15) is 0 Å². The molecule has 4 heteroatoms. The van der Waals surface area contributed by atoms with Gasteiger partial charge < -0.3 is 10.4 Å². The average molecular weight is 303 g/mol. The summed E-state index contributed by atoms with van der Waals surface area (Å²) in [5.41, 5.74) is 1.14. The summed E-state index contributed by atoms with van der Waals surface area (Å²) in [4.78, 5) is 23.3. The Balaban J connectivity index is 2.04. The van der Waals surface area contributed by atoms with E-state index in [2.05, 4.69) is 31.3 Å².